The van der Waals surface area contributed by atoms with E-state index in [1.54, 1.807) is 22.6 Å². The van der Waals surface area contributed by atoms with Gasteiger partial charge in [0, 0.05) is 6.42 Å². The Morgan fingerprint density at radius 2 is 2.33 bits per heavy atom. The molecule has 0 unspecified atom stereocenters. The van der Waals surface area contributed by atoms with Gasteiger partial charge in [-0.3, -0.25) is 4.79 Å². The Bertz CT molecular complexity index is 52.8. The number of hydrogen-bond donors (Lipinski definition) is 1. The Morgan fingerprint density at radius 1 is 1.83 bits per heavy atom. The molecule has 0 atom stereocenters. The fraction of sp³-hybridized carbons (Fsp3) is 0.667. The molecule has 1 N–H and O–H groups in total. The molecule has 0 fully saturated rings. The summed E-state index contributed by atoms with van der Waals surface area (Å²) in [6.07, 6.45) is 0.278. The van der Waals surface area contributed by atoms with Crippen LogP contribution in [0.5, 0.6) is 0 Å². The van der Waals surface area contributed by atoms with E-state index in [1.165, 1.54) is 0 Å². The van der Waals surface area contributed by atoms with Gasteiger partial charge in [-0.15, -0.1) is 0 Å². The molecule has 0 rings (SSSR count). The fourth-order valence-corrected chi connectivity index (χ4v) is 0.329. The minimum absolute atomic E-state index is 0.00935. The van der Waals surface area contributed by atoms with Crippen LogP contribution in [0.2, 0.25) is 0 Å². The summed E-state index contributed by atoms with van der Waals surface area (Å²) < 4.78 is 0.00935. The molecule has 0 aromatic heterocycles. The summed E-state index contributed by atoms with van der Waals surface area (Å²) in [5.74, 6) is 0. The van der Waals surface area contributed by atoms with Gasteiger partial charge < -0.3 is 5.11 Å². The van der Waals surface area contributed by atoms with E-state index in [9.17, 15) is 4.79 Å². The lowest BCUT2D eigenvalue weighted by Crippen LogP contribution is -1.87. The molecule has 0 aromatic rings. The van der Waals surface area contributed by atoms with Gasteiger partial charge in [0.1, 0.15) is 0 Å². The topological polar surface area (TPSA) is 37.3 Å². The van der Waals surface area contributed by atoms with Crippen molar-refractivity contribution in [3.05, 3.63) is 0 Å². The van der Waals surface area contributed by atoms with Gasteiger partial charge in [0.25, 0.3) is 0 Å². The van der Waals surface area contributed by atoms with E-state index in [2.05, 4.69) is 0 Å². The van der Waals surface area contributed by atoms with E-state index in [0.717, 1.165) is 0 Å². The van der Waals surface area contributed by atoms with Crippen LogP contribution in [0.25, 0.3) is 0 Å². The Balaban J connectivity index is 2.83. The van der Waals surface area contributed by atoms with E-state index < -0.39 is 0 Å². The molecule has 36 valence electrons. The summed E-state index contributed by atoms with van der Waals surface area (Å²) in [4.78, 5) is 9.87. The Hall–Kier alpha value is 0.360. The Kier molecular flexibility index (Phi) is 3.76. The molecule has 0 bridgehead atoms. The molecule has 0 saturated heterocycles. The molecule has 2 nitrogen and oxygen atoms in total. The summed E-state index contributed by atoms with van der Waals surface area (Å²) in [6.45, 7) is -0.0260. The first-order valence-corrected chi connectivity index (χ1v) is 2.64. The van der Waals surface area contributed by atoms with E-state index in [4.69, 9.17) is 5.11 Å². The van der Waals surface area contributed by atoms with Gasteiger partial charge in [0.15, 0.2) is 3.79 Å². The smallest absolute Gasteiger partial charge is 0.194 e. The summed E-state index contributed by atoms with van der Waals surface area (Å²) in [6, 6.07) is 0. The number of rotatable bonds is 2. The van der Waals surface area contributed by atoms with Gasteiger partial charge in [-0.1, -0.05) is 0 Å². The highest BCUT2D eigenvalue weighted by Gasteiger charge is 1.87. The molecule has 0 aromatic carbocycles. The second-order valence-corrected chi connectivity index (χ2v) is 2.03. The zero-order chi connectivity index (χ0) is 4.99. The van der Waals surface area contributed by atoms with Crippen LogP contribution < -0.4 is 0 Å². The standard InChI is InChI=1S/C3H5IO2/c4-3(6)1-2-5/h5H,1-2H2. The minimum Gasteiger partial charge on any atom is -0.396 e. The maximum Gasteiger partial charge on any atom is 0.194 e. The monoisotopic (exact) mass is 200 g/mol. The molecular formula is C3H5IO2. The van der Waals surface area contributed by atoms with Crippen molar-refractivity contribution < 1.29 is 9.90 Å². The number of aliphatic hydroxyl groups is 1. The van der Waals surface area contributed by atoms with Crippen LogP contribution in [-0.2, 0) is 4.79 Å². The molecule has 0 aliphatic heterocycles. The first-order chi connectivity index (χ1) is 2.77. The van der Waals surface area contributed by atoms with E-state index in [1.807, 2.05) is 0 Å². The summed E-state index contributed by atoms with van der Waals surface area (Å²) >= 11 is 1.64. The van der Waals surface area contributed by atoms with Crippen molar-refractivity contribution in [3.8, 4) is 0 Å². The van der Waals surface area contributed by atoms with Crippen LogP contribution in [0.3, 0.4) is 0 Å². The molecule has 6 heavy (non-hydrogen) atoms. The van der Waals surface area contributed by atoms with E-state index >= 15 is 0 Å². The molecule has 3 heteroatoms. The van der Waals surface area contributed by atoms with Crippen molar-refractivity contribution in [3.63, 3.8) is 0 Å². The lowest BCUT2D eigenvalue weighted by atomic mass is 10.5. The van der Waals surface area contributed by atoms with Gasteiger partial charge in [-0.25, -0.2) is 0 Å². The summed E-state index contributed by atoms with van der Waals surface area (Å²) in [5, 5.41) is 8.01. The van der Waals surface area contributed by atoms with Crippen molar-refractivity contribution in [1.29, 1.82) is 0 Å². The van der Waals surface area contributed by atoms with Crippen molar-refractivity contribution >= 4 is 26.4 Å². The lowest BCUT2D eigenvalue weighted by Gasteiger charge is -1.78. The first-order valence-electron chi connectivity index (χ1n) is 1.56. The summed E-state index contributed by atoms with van der Waals surface area (Å²) in [7, 11) is 0. The van der Waals surface area contributed by atoms with Crippen LogP contribution in [0.1, 0.15) is 6.42 Å². The van der Waals surface area contributed by atoms with Gasteiger partial charge in [0.2, 0.25) is 0 Å². The second kappa shape index (κ2) is 3.55. The average molecular weight is 200 g/mol. The highest BCUT2D eigenvalue weighted by Crippen LogP contribution is 1.88. The maximum atomic E-state index is 9.87. The molecule has 0 saturated carbocycles. The lowest BCUT2D eigenvalue weighted by molar-refractivity contribution is -0.109. The van der Waals surface area contributed by atoms with Crippen LogP contribution >= 0.6 is 22.6 Å². The SMILES string of the molecule is O=C(I)CCO. The maximum absolute atomic E-state index is 9.87. The Labute approximate surface area is 49.7 Å². The number of halogens is 1. The molecule has 0 aliphatic rings. The molecular weight excluding hydrogens is 195 g/mol. The largest absolute Gasteiger partial charge is 0.396 e. The first kappa shape index (κ1) is 6.36. The number of hydrogen-bond acceptors (Lipinski definition) is 2. The third-order valence-electron chi connectivity index (χ3n) is 0.308. The van der Waals surface area contributed by atoms with Crippen molar-refractivity contribution in [2.24, 2.45) is 0 Å². The third-order valence-corrected chi connectivity index (χ3v) is 0.848. The molecule has 0 amide bonds. The zero-order valence-electron chi connectivity index (χ0n) is 3.15. The highest BCUT2D eigenvalue weighted by atomic mass is 127. The van der Waals surface area contributed by atoms with E-state index in [-0.39, 0.29) is 16.8 Å². The predicted octanol–water partition coefficient (Wildman–Crippen LogP) is 0.330. The van der Waals surface area contributed by atoms with Crippen LogP contribution in [0.15, 0.2) is 0 Å². The molecule has 0 heterocycles. The minimum atomic E-state index is -0.0260. The van der Waals surface area contributed by atoms with E-state index in [0.29, 0.717) is 0 Å². The normalized spacial score (nSPS) is 8.33. The number of aliphatic hydroxyl groups excluding tert-OH is 1. The van der Waals surface area contributed by atoms with Gasteiger partial charge in [-0.05, 0) is 22.6 Å². The van der Waals surface area contributed by atoms with Crippen LogP contribution in [0, 0.1) is 0 Å². The molecule has 0 aliphatic carbocycles. The highest BCUT2D eigenvalue weighted by molar-refractivity contribution is 14.1. The van der Waals surface area contributed by atoms with Crippen molar-refractivity contribution in [1.82, 2.24) is 0 Å². The third kappa shape index (κ3) is 4.36. The van der Waals surface area contributed by atoms with Crippen molar-refractivity contribution in [2.75, 3.05) is 6.61 Å². The number of carbonyl (C=O) groups is 1. The number of carbonyl (C=O) groups excluding carboxylic acids is 1. The van der Waals surface area contributed by atoms with Gasteiger partial charge in [0.05, 0.1) is 6.61 Å². The molecule has 0 radical (unpaired) electrons. The van der Waals surface area contributed by atoms with Crippen molar-refractivity contribution in [2.45, 2.75) is 6.42 Å². The quantitative estimate of drug-likeness (QED) is 0.515. The van der Waals surface area contributed by atoms with Gasteiger partial charge >= 0.3 is 0 Å². The molecule has 0 spiro atoms. The van der Waals surface area contributed by atoms with Crippen LogP contribution in [0.4, 0.5) is 0 Å². The van der Waals surface area contributed by atoms with Gasteiger partial charge in [-0.2, -0.15) is 0 Å². The second-order valence-electron chi connectivity index (χ2n) is 0.829. The Morgan fingerprint density at radius 3 is 2.33 bits per heavy atom. The van der Waals surface area contributed by atoms with Crippen LogP contribution in [-0.4, -0.2) is 15.5 Å². The average Bonchev–Trinajstić information content (AvgIpc) is 1.35. The predicted molar refractivity (Wildman–Crippen MR) is 30.7 cm³/mol. The zero-order valence-corrected chi connectivity index (χ0v) is 5.31. The summed E-state index contributed by atoms with van der Waals surface area (Å²) in [5.41, 5.74) is 0. The fourth-order valence-electron chi connectivity index (χ4n) is 0.0879.